The fourth-order valence-corrected chi connectivity index (χ4v) is 4.50. The number of thiophene rings is 1. The summed E-state index contributed by atoms with van der Waals surface area (Å²) in [5, 5.41) is 7.22. The maximum atomic E-state index is 13.6. The molecule has 2 amide bonds. The molecule has 5 aromatic rings. The molecule has 0 saturated heterocycles. The van der Waals surface area contributed by atoms with Gasteiger partial charge in [0.2, 0.25) is 0 Å². The van der Waals surface area contributed by atoms with Crippen LogP contribution in [0.5, 0.6) is 0 Å². The number of halogens is 2. The second-order valence-electron chi connectivity index (χ2n) is 7.02. The van der Waals surface area contributed by atoms with E-state index >= 15 is 0 Å². The van der Waals surface area contributed by atoms with Gasteiger partial charge < -0.3 is 11.1 Å². The van der Waals surface area contributed by atoms with Crippen LogP contribution in [-0.4, -0.2) is 31.4 Å². The van der Waals surface area contributed by atoms with Gasteiger partial charge in [-0.2, -0.15) is 5.10 Å². The predicted octanol–water partition coefficient (Wildman–Crippen LogP) is 4.29. The third-order valence-electron chi connectivity index (χ3n) is 4.92. The van der Waals surface area contributed by atoms with Gasteiger partial charge in [-0.25, -0.2) is 23.3 Å². The van der Waals surface area contributed by atoms with Crippen molar-refractivity contribution in [3.05, 3.63) is 77.2 Å². The van der Waals surface area contributed by atoms with Crippen LogP contribution >= 0.6 is 11.3 Å². The molecule has 0 aliphatic rings. The third kappa shape index (κ3) is 3.68. The Morgan fingerprint density at radius 3 is 2.61 bits per heavy atom. The van der Waals surface area contributed by atoms with Crippen LogP contribution in [0, 0.1) is 0 Å². The fraction of sp³-hybridized carbons (Fsp3) is 0.0455. The van der Waals surface area contributed by atoms with E-state index in [0.29, 0.717) is 22.2 Å². The van der Waals surface area contributed by atoms with Gasteiger partial charge in [-0.1, -0.05) is 30.3 Å². The molecule has 33 heavy (non-hydrogen) atoms. The maximum absolute atomic E-state index is 13.6. The lowest BCUT2D eigenvalue weighted by Gasteiger charge is -2.10. The van der Waals surface area contributed by atoms with E-state index in [1.165, 1.54) is 16.6 Å². The second kappa shape index (κ2) is 8.02. The molecule has 0 aliphatic heterocycles. The van der Waals surface area contributed by atoms with Gasteiger partial charge in [0.25, 0.3) is 18.2 Å². The standard InChI is InChI=1S/C22H14F2N6O2S/c23-19(24)13-9-12(11-5-2-1-3-6-11)16-17(18(20(25)31)33-22(16)27-13)28-21(32)14-10-15-26-7-4-8-30(15)29-14/h1-10,19H,(H2,25,31)(H,28,32). The van der Waals surface area contributed by atoms with Crippen molar-refractivity contribution < 1.29 is 18.4 Å². The van der Waals surface area contributed by atoms with Crippen LogP contribution in [0.2, 0.25) is 0 Å². The molecule has 1 aromatic carbocycles. The molecule has 0 aliphatic carbocycles. The first kappa shape index (κ1) is 20.6. The number of nitrogens with two attached hydrogens (primary N) is 1. The van der Waals surface area contributed by atoms with Crippen molar-refractivity contribution in [3.8, 4) is 11.1 Å². The highest BCUT2D eigenvalue weighted by Gasteiger charge is 2.25. The molecule has 3 N–H and O–H groups in total. The summed E-state index contributed by atoms with van der Waals surface area (Å²) in [6.45, 7) is 0. The number of pyridine rings is 1. The summed E-state index contributed by atoms with van der Waals surface area (Å²) in [6.07, 6.45) is 0.380. The summed E-state index contributed by atoms with van der Waals surface area (Å²) in [4.78, 5) is 33.5. The molecular formula is C22H14F2N6O2S. The van der Waals surface area contributed by atoms with Gasteiger partial charge in [0.1, 0.15) is 15.4 Å². The number of alkyl halides is 2. The average molecular weight is 464 g/mol. The van der Waals surface area contributed by atoms with Crippen LogP contribution in [0.15, 0.2) is 60.9 Å². The van der Waals surface area contributed by atoms with Crippen LogP contribution in [0.3, 0.4) is 0 Å². The van der Waals surface area contributed by atoms with Crippen molar-refractivity contribution in [1.82, 2.24) is 19.6 Å². The Morgan fingerprint density at radius 1 is 1.12 bits per heavy atom. The molecule has 5 rings (SSSR count). The first-order valence-electron chi connectivity index (χ1n) is 9.65. The lowest BCUT2D eigenvalue weighted by molar-refractivity contribution is 0.100. The quantitative estimate of drug-likeness (QED) is 0.403. The van der Waals surface area contributed by atoms with E-state index in [1.54, 1.807) is 48.8 Å². The van der Waals surface area contributed by atoms with Crippen molar-refractivity contribution >= 4 is 44.7 Å². The second-order valence-corrected chi connectivity index (χ2v) is 8.02. The number of nitrogens with one attached hydrogen (secondary N) is 1. The molecule has 0 bridgehead atoms. The first-order chi connectivity index (χ1) is 15.9. The summed E-state index contributed by atoms with van der Waals surface area (Å²) in [5.41, 5.74) is 6.75. The highest BCUT2D eigenvalue weighted by atomic mass is 32.1. The Kier molecular flexibility index (Phi) is 5.02. The van der Waals surface area contributed by atoms with E-state index in [2.05, 4.69) is 20.4 Å². The Bertz CT molecular complexity index is 1500. The first-order valence-corrected chi connectivity index (χ1v) is 10.5. The van der Waals surface area contributed by atoms with Gasteiger partial charge in [0, 0.05) is 23.8 Å². The predicted molar refractivity (Wildman–Crippen MR) is 119 cm³/mol. The molecule has 164 valence electrons. The van der Waals surface area contributed by atoms with Crippen LogP contribution in [0.1, 0.15) is 32.3 Å². The van der Waals surface area contributed by atoms with Crippen molar-refractivity contribution in [2.75, 3.05) is 5.32 Å². The van der Waals surface area contributed by atoms with Gasteiger partial charge >= 0.3 is 0 Å². The third-order valence-corrected chi connectivity index (χ3v) is 6.02. The van der Waals surface area contributed by atoms with Crippen molar-refractivity contribution in [3.63, 3.8) is 0 Å². The Morgan fingerprint density at radius 2 is 1.91 bits per heavy atom. The number of aromatic nitrogens is 4. The molecule has 0 saturated carbocycles. The van der Waals surface area contributed by atoms with Crippen LogP contribution in [-0.2, 0) is 0 Å². The number of amides is 2. The number of benzene rings is 1. The van der Waals surface area contributed by atoms with Gasteiger partial charge in [-0.05, 0) is 23.3 Å². The number of carbonyl (C=O) groups excluding carboxylic acids is 2. The lowest BCUT2D eigenvalue weighted by Crippen LogP contribution is -2.17. The monoisotopic (exact) mass is 464 g/mol. The van der Waals surface area contributed by atoms with Gasteiger partial charge in [-0.3, -0.25) is 9.59 Å². The highest BCUT2D eigenvalue weighted by molar-refractivity contribution is 7.21. The maximum Gasteiger partial charge on any atom is 0.280 e. The summed E-state index contributed by atoms with van der Waals surface area (Å²) in [6, 6.07) is 13.2. The van der Waals surface area contributed by atoms with Crippen molar-refractivity contribution in [1.29, 1.82) is 0 Å². The van der Waals surface area contributed by atoms with Crippen molar-refractivity contribution in [2.24, 2.45) is 5.73 Å². The van der Waals surface area contributed by atoms with E-state index in [-0.39, 0.29) is 21.1 Å². The molecule has 0 spiro atoms. The zero-order chi connectivity index (χ0) is 23.1. The number of primary amides is 1. The van der Waals surface area contributed by atoms with E-state index in [1.807, 2.05) is 0 Å². The minimum atomic E-state index is -2.82. The number of nitrogens with zero attached hydrogens (tertiary/aromatic N) is 4. The number of anilines is 1. The molecular weight excluding hydrogens is 450 g/mol. The van der Waals surface area contributed by atoms with Crippen LogP contribution < -0.4 is 11.1 Å². The largest absolute Gasteiger partial charge is 0.365 e. The Balaban J connectivity index is 1.70. The molecule has 8 nitrogen and oxygen atoms in total. The highest BCUT2D eigenvalue weighted by Crippen LogP contribution is 2.42. The van der Waals surface area contributed by atoms with Crippen molar-refractivity contribution in [2.45, 2.75) is 6.43 Å². The zero-order valence-corrected chi connectivity index (χ0v) is 17.5. The Hall–Kier alpha value is -4.25. The van der Waals surface area contributed by atoms with Crippen LogP contribution in [0.4, 0.5) is 14.5 Å². The number of carbonyl (C=O) groups is 2. The molecule has 4 heterocycles. The topological polar surface area (TPSA) is 115 Å². The molecule has 0 unspecified atom stereocenters. The molecule has 11 heteroatoms. The minimum absolute atomic E-state index is 0.00339. The summed E-state index contributed by atoms with van der Waals surface area (Å²) < 4.78 is 28.5. The SMILES string of the molecule is NC(=O)c1sc2nc(C(F)F)cc(-c3ccccc3)c2c1NC(=O)c1cc2ncccn2n1. The zero-order valence-electron chi connectivity index (χ0n) is 16.7. The van der Waals surface area contributed by atoms with Gasteiger partial charge in [-0.15, -0.1) is 11.3 Å². The van der Waals surface area contributed by atoms with Crippen LogP contribution in [0.25, 0.3) is 27.0 Å². The fourth-order valence-electron chi connectivity index (χ4n) is 3.49. The normalized spacial score (nSPS) is 11.4. The molecule has 0 fully saturated rings. The van der Waals surface area contributed by atoms with Gasteiger partial charge in [0.15, 0.2) is 11.3 Å². The lowest BCUT2D eigenvalue weighted by atomic mass is 10.0. The van der Waals surface area contributed by atoms with E-state index in [0.717, 1.165) is 11.3 Å². The summed E-state index contributed by atoms with van der Waals surface area (Å²) in [7, 11) is 0. The molecule has 4 aromatic heterocycles. The van der Waals surface area contributed by atoms with E-state index in [9.17, 15) is 18.4 Å². The number of fused-ring (bicyclic) bond motifs is 2. The van der Waals surface area contributed by atoms with E-state index < -0.39 is 23.9 Å². The smallest absolute Gasteiger partial charge is 0.280 e. The summed E-state index contributed by atoms with van der Waals surface area (Å²) in [5.74, 6) is -1.43. The number of rotatable bonds is 5. The minimum Gasteiger partial charge on any atom is -0.365 e. The summed E-state index contributed by atoms with van der Waals surface area (Å²) >= 11 is 0.843. The number of hydrogen-bond acceptors (Lipinski definition) is 6. The Labute approximate surface area is 188 Å². The van der Waals surface area contributed by atoms with E-state index in [4.69, 9.17) is 5.73 Å². The molecule has 0 radical (unpaired) electrons. The number of hydrogen-bond donors (Lipinski definition) is 2. The van der Waals surface area contributed by atoms with Gasteiger partial charge in [0.05, 0.1) is 5.69 Å². The molecule has 0 atom stereocenters. The average Bonchev–Trinajstić information content (AvgIpc) is 3.41.